The summed E-state index contributed by atoms with van der Waals surface area (Å²) in [6.07, 6.45) is 1.50. The predicted octanol–water partition coefficient (Wildman–Crippen LogP) is 1.77. The highest BCUT2D eigenvalue weighted by Crippen LogP contribution is 2.29. The molecule has 6 heteroatoms. The predicted molar refractivity (Wildman–Crippen MR) is 60.1 cm³/mol. The molecule has 2 aromatic rings. The lowest BCUT2D eigenvalue weighted by Gasteiger charge is -2.12. The number of halogens is 1. The first-order valence-corrected chi connectivity index (χ1v) is 5.15. The number of nitrogens with zero attached hydrogens (tertiary/aromatic N) is 3. The Labute approximate surface area is 98.0 Å². The van der Waals surface area contributed by atoms with E-state index in [1.165, 1.54) is 17.1 Å². The van der Waals surface area contributed by atoms with Crippen LogP contribution in [-0.2, 0) is 7.05 Å². The van der Waals surface area contributed by atoms with Gasteiger partial charge < -0.3 is 10.5 Å². The van der Waals surface area contributed by atoms with Gasteiger partial charge in [0, 0.05) is 18.7 Å². The van der Waals surface area contributed by atoms with Crippen LogP contribution in [0.3, 0.4) is 0 Å². The standard InChI is InChI=1S/C11H13FN4O/c1-7(13)10-8(12)4-3-5-9(10)17-11-14-6-16(2)15-11/h3-7H,13H2,1-2H3/t7-/m1/s1. The zero-order valence-electron chi connectivity index (χ0n) is 9.59. The number of aryl methyl sites for hydroxylation is 1. The molecule has 0 saturated heterocycles. The second-order valence-corrected chi connectivity index (χ2v) is 3.74. The van der Waals surface area contributed by atoms with E-state index in [-0.39, 0.29) is 6.01 Å². The van der Waals surface area contributed by atoms with E-state index < -0.39 is 11.9 Å². The maximum absolute atomic E-state index is 13.6. The molecule has 0 aliphatic rings. The number of benzene rings is 1. The summed E-state index contributed by atoms with van der Waals surface area (Å²) in [6, 6.07) is 4.24. The first kappa shape index (κ1) is 11.5. The van der Waals surface area contributed by atoms with Crippen LogP contribution in [0.1, 0.15) is 18.5 Å². The van der Waals surface area contributed by atoms with Gasteiger partial charge in [-0.05, 0) is 19.1 Å². The number of aromatic nitrogens is 3. The van der Waals surface area contributed by atoms with Crippen molar-refractivity contribution < 1.29 is 9.13 Å². The second-order valence-electron chi connectivity index (χ2n) is 3.74. The zero-order valence-corrected chi connectivity index (χ0v) is 9.59. The normalized spacial score (nSPS) is 12.5. The van der Waals surface area contributed by atoms with Crippen LogP contribution in [0.2, 0.25) is 0 Å². The fourth-order valence-electron chi connectivity index (χ4n) is 1.51. The number of rotatable bonds is 3. The van der Waals surface area contributed by atoms with Gasteiger partial charge in [0.2, 0.25) is 0 Å². The molecule has 0 aliphatic carbocycles. The third kappa shape index (κ3) is 2.42. The van der Waals surface area contributed by atoms with Crippen LogP contribution in [0.25, 0.3) is 0 Å². The van der Waals surface area contributed by atoms with E-state index in [9.17, 15) is 4.39 Å². The summed E-state index contributed by atoms with van der Waals surface area (Å²) in [5.74, 6) is -0.0559. The number of hydrogen-bond donors (Lipinski definition) is 1. The average Bonchev–Trinajstić information content (AvgIpc) is 2.63. The van der Waals surface area contributed by atoms with Gasteiger partial charge in [0.05, 0.1) is 0 Å². The van der Waals surface area contributed by atoms with Crippen molar-refractivity contribution in [1.82, 2.24) is 14.8 Å². The lowest BCUT2D eigenvalue weighted by atomic mass is 10.1. The summed E-state index contributed by atoms with van der Waals surface area (Å²) < 4.78 is 20.5. The Morgan fingerprint density at radius 2 is 2.24 bits per heavy atom. The van der Waals surface area contributed by atoms with E-state index in [0.717, 1.165) is 0 Å². The van der Waals surface area contributed by atoms with Crippen molar-refractivity contribution in [2.45, 2.75) is 13.0 Å². The van der Waals surface area contributed by atoms with Gasteiger partial charge >= 0.3 is 6.01 Å². The molecule has 0 saturated carbocycles. The van der Waals surface area contributed by atoms with E-state index in [0.29, 0.717) is 11.3 Å². The van der Waals surface area contributed by atoms with Crippen LogP contribution >= 0.6 is 0 Å². The summed E-state index contributed by atoms with van der Waals surface area (Å²) in [6.45, 7) is 1.69. The monoisotopic (exact) mass is 236 g/mol. The van der Waals surface area contributed by atoms with Gasteiger partial charge in [-0.2, -0.15) is 4.98 Å². The molecule has 0 amide bonds. The minimum atomic E-state index is -0.463. The van der Waals surface area contributed by atoms with Gasteiger partial charge in [-0.1, -0.05) is 6.07 Å². The van der Waals surface area contributed by atoms with Crippen LogP contribution in [0.5, 0.6) is 11.8 Å². The molecule has 1 aromatic carbocycles. The smallest absolute Gasteiger partial charge is 0.340 e. The molecule has 0 spiro atoms. The molecule has 0 radical (unpaired) electrons. The first-order chi connectivity index (χ1) is 8.08. The SMILES string of the molecule is C[C@@H](N)c1c(F)cccc1Oc1ncn(C)n1. The molecule has 90 valence electrons. The Hall–Kier alpha value is -1.95. The maximum atomic E-state index is 13.6. The summed E-state index contributed by atoms with van der Waals surface area (Å²) in [5, 5.41) is 3.96. The molecule has 5 nitrogen and oxygen atoms in total. The van der Waals surface area contributed by atoms with E-state index in [1.807, 2.05) is 0 Å². The number of hydrogen-bond acceptors (Lipinski definition) is 4. The second kappa shape index (κ2) is 4.50. The Morgan fingerprint density at radius 1 is 1.47 bits per heavy atom. The third-order valence-corrected chi connectivity index (χ3v) is 2.25. The van der Waals surface area contributed by atoms with Crippen LogP contribution in [0, 0.1) is 5.82 Å². The van der Waals surface area contributed by atoms with Crippen LogP contribution in [-0.4, -0.2) is 14.8 Å². The average molecular weight is 236 g/mol. The van der Waals surface area contributed by atoms with E-state index >= 15 is 0 Å². The number of ether oxygens (including phenoxy) is 1. The Kier molecular flexibility index (Phi) is 3.06. The molecule has 0 bridgehead atoms. The Morgan fingerprint density at radius 3 is 2.82 bits per heavy atom. The highest BCUT2D eigenvalue weighted by molar-refractivity contribution is 5.38. The molecule has 2 N–H and O–H groups in total. The summed E-state index contributed by atoms with van der Waals surface area (Å²) in [7, 11) is 1.72. The molecule has 2 rings (SSSR count). The number of nitrogens with two attached hydrogens (primary N) is 1. The van der Waals surface area contributed by atoms with Crippen molar-refractivity contribution >= 4 is 0 Å². The maximum Gasteiger partial charge on any atom is 0.340 e. The Balaban J connectivity index is 2.35. The molecular weight excluding hydrogens is 223 g/mol. The van der Waals surface area contributed by atoms with E-state index in [4.69, 9.17) is 10.5 Å². The minimum absolute atomic E-state index is 0.167. The molecular formula is C11H13FN4O. The molecule has 0 unspecified atom stereocenters. The van der Waals surface area contributed by atoms with Crippen molar-refractivity contribution in [1.29, 1.82) is 0 Å². The van der Waals surface area contributed by atoms with Crippen LogP contribution < -0.4 is 10.5 Å². The van der Waals surface area contributed by atoms with Crippen molar-refractivity contribution in [3.05, 3.63) is 35.9 Å². The van der Waals surface area contributed by atoms with Gasteiger partial charge in [-0.25, -0.2) is 4.39 Å². The first-order valence-electron chi connectivity index (χ1n) is 5.15. The highest BCUT2D eigenvalue weighted by atomic mass is 19.1. The van der Waals surface area contributed by atoms with E-state index in [2.05, 4.69) is 10.1 Å². The van der Waals surface area contributed by atoms with Gasteiger partial charge in [-0.3, -0.25) is 4.68 Å². The van der Waals surface area contributed by atoms with Crippen LogP contribution in [0.15, 0.2) is 24.5 Å². The molecule has 1 heterocycles. The fourth-order valence-corrected chi connectivity index (χ4v) is 1.51. The lowest BCUT2D eigenvalue weighted by molar-refractivity contribution is 0.424. The summed E-state index contributed by atoms with van der Waals surface area (Å²) >= 11 is 0. The molecule has 0 aliphatic heterocycles. The quantitative estimate of drug-likeness (QED) is 0.881. The van der Waals surface area contributed by atoms with Crippen molar-refractivity contribution in [2.24, 2.45) is 12.8 Å². The van der Waals surface area contributed by atoms with E-state index in [1.54, 1.807) is 26.1 Å². The van der Waals surface area contributed by atoms with Crippen molar-refractivity contribution in [2.75, 3.05) is 0 Å². The molecule has 17 heavy (non-hydrogen) atoms. The minimum Gasteiger partial charge on any atom is -0.423 e. The third-order valence-electron chi connectivity index (χ3n) is 2.25. The fraction of sp³-hybridized carbons (Fsp3) is 0.273. The molecule has 1 atom stereocenters. The van der Waals surface area contributed by atoms with Gasteiger partial charge in [0.15, 0.2) is 0 Å². The summed E-state index contributed by atoms with van der Waals surface area (Å²) in [4.78, 5) is 3.91. The Bertz CT molecular complexity index is 524. The molecule has 1 aromatic heterocycles. The largest absolute Gasteiger partial charge is 0.423 e. The topological polar surface area (TPSA) is 66.0 Å². The van der Waals surface area contributed by atoms with Gasteiger partial charge in [-0.15, -0.1) is 5.10 Å². The van der Waals surface area contributed by atoms with Gasteiger partial charge in [0.1, 0.15) is 17.9 Å². The lowest BCUT2D eigenvalue weighted by Crippen LogP contribution is -2.09. The van der Waals surface area contributed by atoms with Crippen molar-refractivity contribution in [3.63, 3.8) is 0 Å². The zero-order chi connectivity index (χ0) is 12.4. The van der Waals surface area contributed by atoms with Crippen molar-refractivity contribution in [3.8, 4) is 11.8 Å². The van der Waals surface area contributed by atoms with Crippen LogP contribution in [0.4, 0.5) is 4.39 Å². The highest BCUT2D eigenvalue weighted by Gasteiger charge is 2.15. The molecule has 0 fully saturated rings. The van der Waals surface area contributed by atoms with Gasteiger partial charge in [0.25, 0.3) is 0 Å². The summed E-state index contributed by atoms with van der Waals surface area (Å²) in [5.41, 5.74) is 6.03.